The van der Waals surface area contributed by atoms with Crippen molar-refractivity contribution in [1.29, 1.82) is 0 Å². The lowest BCUT2D eigenvalue weighted by Crippen LogP contribution is -2.17. The van der Waals surface area contributed by atoms with Crippen molar-refractivity contribution in [3.8, 4) is 17.1 Å². The van der Waals surface area contributed by atoms with Crippen molar-refractivity contribution in [2.24, 2.45) is 0 Å². The van der Waals surface area contributed by atoms with Gasteiger partial charge in [-0.3, -0.25) is 9.00 Å². The Morgan fingerprint density at radius 2 is 1.73 bits per heavy atom. The molecule has 1 atom stereocenters. The number of nitrogens with zero attached hydrogens (tertiary/aromatic N) is 2. The van der Waals surface area contributed by atoms with Gasteiger partial charge in [0.1, 0.15) is 22.2 Å². The molecule has 1 aromatic heterocycles. The molecule has 0 aliphatic rings. The van der Waals surface area contributed by atoms with Crippen LogP contribution in [0.15, 0.2) is 58.5 Å². The van der Waals surface area contributed by atoms with Gasteiger partial charge in [0.2, 0.25) is 0 Å². The zero-order chi connectivity index (χ0) is 21.7. The van der Waals surface area contributed by atoms with Crippen LogP contribution in [0, 0.1) is 0 Å². The summed E-state index contributed by atoms with van der Waals surface area (Å²) in [5.41, 5.74) is 1.79. The van der Waals surface area contributed by atoms with Crippen LogP contribution >= 0.6 is 11.8 Å². The Kier molecular flexibility index (Phi) is 7.07. The summed E-state index contributed by atoms with van der Waals surface area (Å²) in [6.45, 7) is 0. The average Bonchev–Trinajstić information content (AvgIpc) is 2.78. The number of ether oxygens (including phenoxy) is 1. The van der Waals surface area contributed by atoms with Gasteiger partial charge in [0.15, 0.2) is 5.82 Å². The first-order chi connectivity index (χ1) is 14.5. The van der Waals surface area contributed by atoms with Crippen LogP contribution < -0.4 is 15.4 Å². The van der Waals surface area contributed by atoms with Crippen molar-refractivity contribution in [3.63, 3.8) is 0 Å². The molecule has 0 fully saturated rings. The predicted molar refractivity (Wildman–Crippen MR) is 122 cm³/mol. The average molecular weight is 443 g/mol. The van der Waals surface area contributed by atoms with E-state index in [2.05, 4.69) is 20.6 Å². The Morgan fingerprint density at radius 1 is 1.07 bits per heavy atom. The van der Waals surface area contributed by atoms with Gasteiger partial charge in [-0.25, -0.2) is 9.97 Å². The van der Waals surface area contributed by atoms with Crippen LogP contribution in [-0.4, -0.2) is 46.8 Å². The maximum Gasteiger partial charge on any atom is 0.262 e. The summed E-state index contributed by atoms with van der Waals surface area (Å²) in [4.78, 5) is 22.8. The third-order valence-electron chi connectivity index (χ3n) is 4.33. The van der Waals surface area contributed by atoms with Crippen LogP contribution in [0.2, 0.25) is 0 Å². The monoisotopic (exact) mass is 442 g/mol. The predicted octanol–water partition coefficient (Wildman–Crippen LogP) is 3.91. The van der Waals surface area contributed by atoms with E-state index in [1.165, 1.54) is 11.8 Å². The molecule has 1 amide bonds. The van der Waals surface area contributed by atoms with E-state index in [0.29, 0.717) is 33.7 Å². The van der Waals surface area contributed by atoms with Crippen molar-refractivity contribution in [3.05, 3.63) is 54.1 Å². The number of rotatable bonds is 7. The van der Waals surface area contributed by atoms with E-state index in [4.69, 9.17) is 4.74 Å². The highest BCUT2D eigenvalue weighted by molar-refractivity contribution is 7.98. The van der Waals surface area contributed by atoms with Crippen molar-refractivity contribution < 1.29 is 13.7 Å². The Morgan fingerprint density at radius 3 is 2.27 bits per heavy atom. The quantitative estimate of drug-likeness (QED) is 0.423. The molecule has 0 saturated carbocycles. The highest BCUT2D eigenvalue weighted by atomic mass is 32.2. The topological polar surface area (TPSA) is 93.2 Å². The molecule has 3 aromatic rings. The van der Waals surface area contributed by atoms with Crippen molar-refractivity contribution in [1.82, 2.24) is 9.97 Å². The van der Waals surface area contributed by atoms with Gasteiger partial charge in [-0.15, -0.1) is 11.8 Å². The largest absolute Gasteiger partial charge is 0.497 e. The molecule has 3 rings (SSSR count). The normalized spacial score (nSPS) is 11.6. The zero-order valence-electron chi connectivity index (χ0n) is 17.1. The fourth-order valence-electron chi connectivity index (χ4n) is 2.77. The number of hydrogen-bond acceptors (Lipinski definition) is 7. The summed E-state index contributed by atoms with van der Waals surface area (Å²) >= 11 is 1.37. The highest BCUT2D eigenvalue weighted by Gasteiger charge is 2.21. The number of hydrogen-bond donors (Lipinski definition) is 2. The number of nitrogens with one attached hydrogen (secondary N) is 2. The number of anilines is 2. The van der Waals surface area contributed by atoms with Crippen LogP contribution in [0.25, 0.3) is 11.4 Å². The number of aromatic nitrogens is 2. The lowest BCUT2D eigenvalue weighted by molar-refractivity contribution is 0.102. The molecular weight excluding hydrogens is 420 g/mol. The molecule has 0 bridgehead atoms. The summed E-state index contributed by atoms with van der Waals surface area (Å²) in [5, 5.41) is 6.43. The van der Waals surface area contributed by atoms with Crippen LogP contribution in [0.4, 0.5) is 11.5 Å². The van der Waals surface area contributed by atoms with Crippen molar-refractivity contribution >= 4 is 40.0 Å². The zero-order valence-corrected chi connectivity index (χ0v) is 18.7. The second-order valence-corrected chi connectivity index (χ2v) is 8.37. The molecule has 1 unspecified atom stereocenters. The molecule has 2 N–H and O–H groups in total. The second kappa shape index (κ2) is 9.73. The van der Waals surface area contributed by atoms with E-state index >= 15 is 0 Å². The number of carbonyl (C=O) groups is 1. The molecule has 156 valence electrons. The summed E-state index contributed by atoms with van der Waals surface area (Å²) < 4.78 is 16.8. The number of thioether (sulfide) groups is 1. The fraction of sp³-hybridized carbons (Fsp3) is 0.190. The standard InChI is InChI=1S/C21H22N4O3S2/c1-22-19-17(20(26)23-14-7-9-15(28-2)10-8-14)21(29-3)25-18(24-19)13-5-11-16(12-6-13)30(4)27/h5-12H,1-4H3,(H,23,26)(H,22,24,25). The number of benzene rings is 2. The van der Waals surface area contributed by atoms with Crippen LogP contribution in [-0.2, 0) is 10.8 Å². The first kappa shape index (κ1) is 21.8. The van der Waals surface area contributed by atoms with Crippen LogP contribution in [0.5, 0.6) is 5.75 Å². The van der Waals surface area contributed by atoms with E-state index in [-0.39, 0.29) is 5.91 Å². The van der Waals surface area contributed by atoms with Gasteiger partial charge in [0, 0.05) is 40.2 Å². The lowest BCUT2D eigenvalue weighted by atomic mass is 10.2. The Labute approximate surface area is 182 Å². The van der Waals surface area contributed by atoms with Crippen LogP contribution in [0.1, 0.15) is 10.4 Å². The van der Waals surface area contributed by atoms with Crippen LogP contribution in [0.3, 0.4) is 0 Å². The molecule has 0 spiro atoms. The Balaban J connectivity index is 1.96. The molecule has 0 saturated heterocycles. The van der Waals surface area contributed by atoms with Gasteiger partial charge in [-0.2, -0.15) is 0 Å². The minimum absolute atomic E-state index is 0.308. The first-order valence-electron chi connectivity index (χ1n) is 9.00. The molecule has 30 heavy (non-hydrogen) atoms. The molecule has 2 aromatic carbocycles. The lowest BCUT2D eigenvalue weighted by Gasteiger charge is -2.14. The van der Waals surface area contributed by atoms with E-state index < -0.39 is 10.8 Å². The maximum atomic E-state index is 13.0. The third-order valence-corrected chi connectivity index (χ3v) is 5.94. The highest BCUT2D eigenvalue weighted by Crippen LogP contribution is 2.29. The van der Waals surface area contributed by atoms with Gasteiger partial charge >= 0.3 is 0 Å². The molecule has 0 aliphatic carbocycles. The van der Waals surface area contributed by atoms with Gasteiger partial charge < -0.3 is 15.4 Å². The molecule has 9 heteroatoms. The molecule has 0 radical (unpaired) electrons. The fourth-order valence-corrected chi connectivity index (χ4v) is 3.86. The molecule has 0 aliphatic heterocycles. The molecule has 1 heterocycles. The summed E-state index contributed by atoms with van der Waals surface area (Å²) in [6.07, 6.45) is 3.49. The van der Waals surface area contributed by atoms with E-state index in [0.717, 1.165) is 10.5 Å². The SMILES string of the molecule is CNc1nc(-c2ccc(S(C)=O)cc2)nc(SC)c1C(=O)Nc1ccc(OC)cc1. The van der Waals surface area contributed by atoms with Crippen molar-refractivity contribution in [2.45, 2.75) is 9.92 Å². The number of amides is 1. The number of carbonyl (C=O) groups excluding carboxylic acids is 1. The minimum atomic E-state index is -1.06. The smallest absolute Gasteiger partial charge is 0.262 e. The second-order valence-electron chi connectivity index (χ2n) is 6.19. The van der Waals surface area contributed by atoms with Gasteiger partial charge in [-0.05, 0) is 54.8 Å². The summed E-state index contributed by atoms with van der Waals surface area (Å²) in [6, 6.07) is 14.3. The Hall–Kier alpha value is -2.91. The number of methoxy groups -OCH3 is 1. The van der Waals surface area contributed by atoms with Gasteiger partial charge in [0.25, 0.3) is 5.91 Å². The first-order valence-corrected chi connectivity index (χ1v) is 11.8. The van der Waals surface area contributed by atoms with Gasteiger partial charge in [-0.1, -0.05) is 0 Å². The van der Waals surface area contributed by atoms with Crippen molar-refractivity contribution in [2.75, 3.05) is 37.3 Å². The third kappa shape index (κ3) is 4.80. The summed E-state index contributed by atoms with van der Waals surface area (Å²) in [7, 11) is 2.25. The summed E-state index contributed by atoms with van der Waals surface area (Å²) in [5.74, 6) is 1.31. The van der Waals surface area contributed by atoms with E-state index in [1.807, 2.05) is 18.4 Å². The molecular formula is C21H22N4O3S2. The molecule has 7 nitrogen and oxygen atoms in total. The Bertz CT molecular complexity index is 1050. The maximum absolute atomic E-state index is 13.0. The minimum Gasteiger partial charge on any atom is -0.497 e. The van der Waals surface area contributed by atoms with E-state index in [1.54, 1.807) is 56.8 Å². The van der Waals surface area contributed by atoms with E-state index in [9.17, 15) is 9.00 Å². The van der Waals surface area contributed by atoms with Gasteiger partial charge in [0.05, 0.1) is 7.11 Å².